The van der Waals surface area contributed by atoms with Crippen LogP contribution in [-0.4, -0.2) is 15.9 Å². The molecule has 23 heavy (non-hydrogen) atoms. The number of aryl methyl sites for hydroxylation is 1. The maximum atomic E-state index is 13.4. The molecule has 1 heterocycles. The van der Waals surface area contributed by atoms with Gasteiger partial charge in [-0.25, -0.2) is 18.7 Å². The Labute approximate surface area is 133 Å². The van der Waals surface area contributed by atoms with E-state index in [0.29, 0.717) is 36.1 Å². The maximum Gasteiger partial charge on any atom is 0.255 e. The van der Waals surface area contributed by atoms with Gasteiger partial charge in [-0.05, 0) is 37.0 Å². The zero-order chi connectivity index (χ0) is 16.4. The van der Waals surface area contributed by atoms with Crippen molar-refractivity contribution in [3.63, 3.8) is 0 Å². The zero-order valence-electron chi connectivity index (χ0n) is 12.8. The Balaban J connectivity index is 1.85. The number of carbonyl (C=O) groups is 1. The van der Waals surface area contributed by atoms with Crippen molar-refractivity contribution in [2.75, 3.05) is 0 Å². The number of carbonyl (C=O) groups excluding carboxylic acids is 1. The van der Waals surface area contributed by atoms with Gasteiger partial charge >= 0.3 is 0 Å². The maximum absolute atomic E-state index is 13.4. The van der Waals surface area contributed by atoms with Crippen LogP contribution in [0.25, 0.3) is 0 Å². The predicted octanol–water partition coefficient (Wildman–Crippen LogP) is 3.13. The first kappa shape index (κ1) is 15.5. The quantitative estimate of drug-likeness (QED) is 0.922. The Morgan fingerprint density at radius 3 is 2.57 bits per heavy atom. The van der Waals surface area contributed by atoms with Gasteiger partial charge in [0, 0.05) is 12.3 Å². The van der Waals surface area contributed by atoms with Gasteiger partial charge in [-0.1, -0.05) is 13.3 Å². The molecule has 0 radical (unpaired) electrons. The van der Waals surface area contributed by atoms with Crippen molar-refractivity contribution in [2.45, 2.75) is 38.1 Å². The number of halogens is 2. The van der Waals surface area contributed by atoms with E-state index < -0.39 is 17.2 Å². The van der Waals surface area contributed by atoms with Crippen LogP contribution in [0.2, 0.25) is 0 Å². The smallest absolute Gasteiger partial charge is 0.255 e. The van der Waals surface area contributed by atoms with Crippen LogP contribution >= 0.6 is 0 Å². The second-order valence-electron chi connectivity index (χ2n) is 5.83. The summed E-state index contributed by atoms with van der Waals surface area (Å²) in [7, 11) is 0. The number of benzene rings is 1. The first-order valence-corrected chi connectivity index (χ1v) is 7.62. The van der Waals surface area contributed by atoms with E-state index in [9.17, 15) is 13.6 Å². The third-order valence-corrected chi connectivity index (χ3v) is 4.04. The first-order valence-electron chi connectivity index (χ1n) is 7.62. The zero-order valence-corrected chi connectivity index (χ0v) is 12.8. The second-order valence-corrected chi connectivity index (χ2v) is 5.83. The predicted molar refractivity (Wildman–Crippen MR) is 80.8 cm³/mol. The van der Waals surface area contributed by atoms with E-state index in [-0.39, 0.29) is 5.91 Å². The monoisotopic (exact) mass is 317 g/mol. The number of hydrogen-bond donors (Lipinski definition) is 1. The van der Waals surface area contributed by atoms with Crippen molar-refractivity contribution in [3.05, 3.63) is 59.2 Å². The third-order valence-electron chi connectivity index (χ3n) is 4.04. The lowest BCUT2D eigenvalue weighted by atomic mass is 10.0. The normalized spacial score (nSPS) is 15.3. The Morgan fingerprint density at radius 1 is 1.26 bits per heavy atom. The number of hydrogen-bond acceptors (Lipinski definition) is 3. The Bertz CT molecular complexity index is 724. The van der Waals surface area contributed by atoms with Crippen molar-refractivity contribution in [2.24, 2.45) is 0 Å². The van der Waals surface area contributed by atoms with Gasteiger partial charge in [-0.15, -0.1) is 0 Å². The van der Waals surface area contributed by atoms with Crippen molar-refractivity contribution >= 4 is 5.91 Å². The highest BCUT2D eigenvalue weighted by Gasteiger charge is 2.46. The van der Waals surface area contributed by atoms with Crippen LogP contribution in [0.5, 0.6) is 0 Å². The van der Waals surface area contributed by atoms with Crippen molar-refractivity contribution in [3.8, 4) is 0 Å². The van der Waals surface area contributed by atoms with Crippen LogP contribution in [0.15, 0.2) is 30.7 Å². The lowest BCUT2D eigenvalue weighted by molar-refractivity contribution is 0.0928. The number of rotatable bonds is 5. The molecular formula is C17H17F2N3O. The summed E-state index contributed by atoms with van der Waals surface area (Å²) < 4.78 is 26.9. The lowest BCUT2D eigenvalue weighted by Gasteiger charge is -2.19. The number of aromatic nitrogens is 2. The molecule has 0 spiro atoms. The lowest BCUT2D eigenvalue weighted by Crippen LogP contribution is -2.35. The van der Waals surface area contributed by atoms with Gasteiger partial charge in [0.25, 0.3) is 5.91 Å². The minimum absolute atomic E-state index is 0.309. The van der Waals surface area contributed by atoms with Crippen molar-refractivity contribution < 1.29 is 13.6 Å². The van der Waals surface area contributed by atoms with E-state index in [4.69, 9.17) is 0 Å². The molecule has 0 atom stereocenters. The van der Waals surface area contributed by atoms with E-state index in [0.717, 1.165) is 12.5 Å². The van der Waals surface area contributed by atoms with Gasteiger partial charge in [0.15, 0.2) is 0 Å². The Morgan fingerprint density at radius 2 is 1.96 bits per heavy atom. The van der Waals surface area contributed by atoms with Gasteiger partial charge in [0.2, 0.25) is 0 Å². The molecule has 0 saturated heterocycles. The number of nitrogens with one attached hydrogen (secondary N) is 1. The molecule has 0 aliphatic heterocycles. The summed E-state index contributed by atoms with van der Waals surface area (Å²) in [6.07, 6.45) is 5.73. The fraction of sp³-hybridized carbons (Fsp3) is 0.353. The minimum Gasteiger partial charge on any atom is -0.342 e. The summed E-state index contributed by atoms with van der Waals surface area (Å²) in [4.78, 5) is 20.6. The molecule has 1 aromatic heterocycles. The molecule has 2 aromatic rings. The molecule has 6 heteroatoms. The highest BCUT2D eigenvalue weighted by atomic mass is 19.1. The van der Waals surface area contributed by atoms with Gasteiger partial charge in [-0.2, -0.15) is 0 Å². The molecular weight excluding hydrogens is 300 g/mol. The fourth-order valence-corrected chi connectivity index (χ4v) is 2.71. The van der Waals surface area contributed by atoms with Gasteiger partial charge in [0.05, 0.1) is 16.8 Å². The summed E-state index contributed by atoms with van der Waals surface area (Å²) in [5.41, 5.74) is 0.857. The van der Waals surface area contributed by atoms with E-state index in [1.165, 1.54) is 24.7 Å². The summed E-state index contributed by atoms with van der Waals surface area (Å²) in [5.74, 6) is -1.60. The third kappa shape index (κ3) is 3.21. The molecule has 1 fully saturated rings. The molecule has 3 rings (SSSR count). The highest BCUT2D eigenvalue weighted by Crippen LogP contribution is 2.46. The highest BCUT2D eigenvalue weighted by molar-refractivity contribution is 5.95. The standard InChI is InChI=1S/C17H17F2N3O/c1-2-3-15-14(9-20-10-21-15)16(23)22-17(4-5-17)11-6-12(18)8-13(19)7-11/h6-10H,2-5H2,1H3,(H,22,23). The second kappa shape index (κ2) is 6.02. The Hall–Kier alpha value is -2.37. The summed E-state index contributed by atoms with van der Waals surface area (Å²) in [6, 6.07) is 3.36. The summed E-state index contributed by atoms with van der Waals surface area (Å²) >= 11 is 0. The molecule has 1 aromatic carbocycles. The van der Waals surface area contributed by atoms with Gasteiger partial charge in [0.1, 0.15) is 18.0 Å². The fourth-order valence-electron chi connectivity index (χ4n) is 2.71. The van der Waals surface area contributed by atoms with Gasteiger partial charge < -0.3 is 5.32 Å². The molecule has 0 bridgehead atoms. The van der Waals surface area contributed by atoms with Crippen molar-refractivity contribution in [1.29, 1.82) is 0 Å². The number of amides is 1. The van der Waals surface area contributed by atoms with Crippen LogP contribution < -0.4 is 5.32 Å². The molecule has 4 nitrogen and oxygen atoms in total. The molecule has 1 saturated carbocycles. The van der Waals surface area contributed by atoms with Gasteiger partial charge in [-0.3, -0.25) is 4.79 Å². The molecule has 1 aliphatic carbocycles. The summed E-state index contributed by atoms with van der Waals surface area (Å²) in [6.45, 7) is 2.00. The largest absolute Gasteiger partial charge is 0.342 e. The average molecular weight is 317 g/mol. The van der Waals surface area contributed by atoms with Crippen LogP contribution in [0, 0.1) is 11.6 Å². The Kier molecular flexibility index (Phi) is 4.07. The van der Waals surface area contributed by atoms with E-state index in [1.807, 2.05) is 6.92 Å². The summed E-state index contributed by atoms with van der Waals surface area (Å²) in [5, 5.41) is 2.90. The van der Waals surface area contributed by atoms with E-state index >= 15 is 0 Å². The molecule has 0 unspecified atom stereocenters. The number of nitrogens with zero attached hydrogens (tertiary/aromatic N) is 2. The minimum atomic E-state index is -0.695. The first-order chi connectivity index (χ1) is 11.0. The molecule has 120 valence electrons. The SMILES string of the molecule is CCCc1ncncc1C(=O)NC1(c2cc(F)cc(F)c2)CC1. The molecule has 1 amide bonds. The van der Waals surface area contributed by atoms with Crippen molar-refractivity contribution in [1.82, 2.24) is 15.3 Å². The molecule has 1 N–H and O–H groups in total. The van der Waals surface area contributed by atoms with E-state index in [1.54, 1.807) is 0 Å². The average Bonchev–Trinajstić information content (AvgIpc) is 3.28. The van der Waals surface area contributed by atoms with E-state index in [2.05, 4.69) is 15.3 Å². The van der Waals surface area contributed by atoms with Crippen LogP contribution in [0.3, 0.4) is 0 Å². The van der Waals surface area contributed by atoms with Crippen LogP contribution in [0.4, 0.5) is 8.78 Å². The molecule has 1 aliphatic rings. The van der Waals surface area contributed by atoms with Crippen LogP contribution in [-0.2, 0) is 12.0 Å². The van der Waals surface area contributed by atoms with Crippen LogP contribution in [0.1, 0.15) is 47.8 Å². The topological polar surface area (TPSA) is 54.9 Å².